The Bertz CT molecular complexity index is 1320. The molecule has 2 aliphatic rings. The van der Waals surface area contributed by atoms with Gasteiger partial charge < -0.3 is 15.4 Å². The summed E-state index contributed by atoms with van der Waals surface area (Å²) < 4.78 is 5.86. The highest BCUT2D eigenvalue weighted by Gasteiger charge is 2.30. The molecule has 0 atom stereocenters. The first-order valence-corrected chi connectivity index (χ1v) is 16.5. The second kappa shape index (κ2) is 10.4. The molecule has 6 heteroatoms. The first kappa shape index (κ1) is 25.1. The van der Waals surface area contributed by atoms with Crippen LogP contribution in [0.5, 0.6) is 0 Å². The number of nitrogens with zero attached hydrogens (tertiary/aromatic N) is 2. The van der Waals surface area contributed by atoms with Gasteiger partial charge in [-0.1, -0.05) is 74.1 Å². The van der Waals surface area contributed by atoms with Crippen molar-refractivity contribution >= 4 is 19.9 Å². The van der Waals surface area contributed by atoms with E-state index in [1.807, 2.05) is 17.0 Å². The summed E-state index contributed by atoms with van der Waals surface area (Å²) in [6.07, 6.45) is -0.227. The standard InChI is InChI=1S/C31H35N3O2Si/c1-37(2,3)17-12-23-18-24(20-25(32)19-23)21-33-13-15-34(16-14-33)31(35)36-22-30-28-10-6-4-8-26(28)27-9-5-7-11-29(27)30/h4-11,18-20,30H,13-16,21-22,32H2,1-3H3. The molecule has 1 aliphatic carbocycles. The second-order valence-corrected chi connectivity index (χ2v) is 15.8. The molecule has 0 saturated carbocycles. The lowest BCUT2D eigenvalue weighted by Crippen LogP contribution is -2.48. The zero-order valence-corrected chi connectivity index (χ0v) is 23.0. The van der Waals surface area contributed by atoms with E-state index in [1.165, 1.54) is 22.3 Å². The molecule has 0 unspecified atom stereocenters. The van der Waals surface area contributed by atoms with Crippen molar-refractivity contribution < 1.29 is 9.53 Å². The van der Waals surface area contributed by atoms with Gasteiger partial charge in [-0.05, 0) is 46.0 Å². The lowest BCUT2D eigenvalue weighted by atomic mass is 9.98. The summed E-state index contributed by atoms with van der Waals surface area (Å²) in [5.41, 5.74) is 17.4. The SMILES string of the molecule is C[Si](C)(C)C#Cc1cc(N)cc(CN2CCN(C(=O)OCC3c4ccccc4-c4ccccc43)CC2)c1. The molecular formula is C31H35N3O2Si. The van der Waals surface area contributed by atoms with Gasteiger partial charge >= 0.3 is 6.09 Å². The Morgan fingerprint density at radius 2 is 1.57 bits per heavy atom. The highest BCUT2D eigenvalue weighted by Crippen LogP contribution is 2.44. The molecule has 3 aromatic carbocycles. The number of anilines is 1. The Labute approximate surface area is 221 Å². The third kappa shape index (κ3) is 5.90. The minimum Gasteiger partial charge on any atom is -0.448 e. The summed E-state index contributed by atoms with van der Waals surface area (Å²) >= 11 is 0. The summed E-state index contributed by atoms with van der Waals surface area (Å²) in [5, 5.41) is 0. The molecule has 190 valence electrons. The lowest BCUT2D eigenvalue weighted by molar-refractivity contribution is 0.0728. The van der Waals surface area contributed by atoms with Crippen LogP contribution in [-0.4, -0.2) is 56.8 Å². The number of carbonyl (C=O) groups is 1. The predicted molar refractivity (Wildman–Crippen MR) is 153 cm³/mol. The molecule has 3 aromatic rings. The number of benzene rings is 3. The maximum Gasteiger partial charge on any atom is 0.409 e. The van der Waals surface area contributed by atoms with Gasteiger partial charge in [0.2, 0.25) is 0 Å². The van der Waals surface area contributed by atoms with Gasteiger partial charge in [-0.3, -0.25) is 4.90 Å². The van der Waals surface area contributed by atoms with Gasteiger partial charge in [0.1, 0.15) is 14.7 Å². The molecule has 0 spiro atoms. The van der Waals surface area contributed by atoms with E-state index in [2.05, 4.69) is 90.6 Å². The number of piperazine rings is 1. The molecular weight excluding hydrogens is 474 g/mol. The number of fused-ring (bicyclic) bond motifs is 3. The minimum atomic E-state index is -1.45. The Hall–Kier alpha value is -3.53. The molecule has 0 radical (unpaired) electrons. The average molecular weight is 510 g/mol. The molecule has 2 N–H and O–H groups in total. The molecule has 37 heavy (non-hydrogen) atoms. The number of hydrogen-bond donors (Lipinski definition) is 1. The summed E-state index contributed by atoms with van der Waals surface area (Å²) in [4.78, 5) is 17.1. The zero-order chi connectivity index (χ0) is 26.0. The molecule has 1 heterocycles. The van der Waals surface area contributed by atoms with E-state index in [9.17, 15) is 4.79 Å². The third-order valence-electron chi connectivity index (χ3n) is 6.97. The number of nitrogen functional groups attached to an aromatic ring is 1. The van der Waals surface area contributed by atoms with E-state index < -0.39 is 8.07 Å². The fourth-order valence-electron chi connectivity index (χ4n) is 5.17. The van der Waals surface area contributed by atoms with Gasteiger partial charge in [0.05, 0.1) is 0 Å². The number of nitrogens with two attached hydrogens (primary N) is 1. The largest absolute Gasteiger partial charge is 0.448 e. The number of ether oxygens (including phenoxy) is 1. The fourth-order valence-corrected chi connectivity index (χ4v) is 5.69. The quantitative estimate of drug-likeness (QED) is 0.284. The van der Waals surface area contributed by atoms with E-state index >= 15 is 0 Å². The van der Waals surface area contributed by atoms with Gasteiger partial charge in [0, 0.05) is 49.9 Å². The van der Waals surface area contributed by atoms with Crippen LogP contribution in [0.15, 0.2) is 66.7 Å². The van der Waals surface area contributed by atoms with Crippen LogP contribution in [0.3, 0.4) is 0 Å². The number of amides is 1. The monoisotopic (exact) mass is 509 g/mol. The van der Waals surface area contributed by atoms with Crippen molar-refractivity contribution in [1.82, 2.24) is 9.80 Å². The normalized spacial score (nSPS) is 15.5. The van der Waals surface area contributed by atoms with Crippen molar-refractivity contribution in [3.05, 3.63) is 89.0 Å². The van der Waals surface area contributed by atoms with Crippen LogP contribution >= 0.6 is 0 Å². The molecule has 5 rings (SSSR count). The molecule has 0 bridgehead atoms. The Morgan fingerprint density at radius 3 is 2.19 bits per heavy atom. The number of carbonyl (C=O) groups excluding carboxylic acids is 1. The topological polar surface area (TPSA) is 58.8 Å². The first-order chi connectivity index (χ1) is 17.8. The number of rotatable bonds is 4. The van der Waals surface area contributed by atoms with Crippen LogP contribution in [0.1, 0.15) is 28.2 Å². The van der Waals surface area contributed by atoms with E-state index in [1.54, 1.807) is 0 Å². The van der Waals surface area contributed by atoms with Gasteiger partial charge in [-0.2, -0.15) is 0 Å². The molecule has 5 nitrogen and oxygen atoms in total. The molecule has 0 aromatic heterocycles. The third-order valence-corrected chi connectivity index (χ3v) is 7.84. The molecule has 1 saturated heterocycles. The van der Waals surface area contributed by atoms with Gasteiger partial charge in [-0.25, -0.2) is 4.79 Å². The van der Waals surface area contributed by atoms with E-state index in [0.29, 0.717) is 19.7 Å². The maximum absolute atomic E-state index is 12.9. The van der Waals surface area contributed by atoms with Crippen LogP contribution in [0.2, 0.25) is 19.6 Å². The van der Waals surface area contributed by atoms with Gasteiger partial charge in [0.25, 0.3) is 0 Å². The van der Waals surface area contributed by atoms with Gasteiger partial charge in [0.15, 0.2) is 0 Å². The highest BCUT2D eigenvalue weighted by molar-refractivity contribution is 6.83. The highest BCUT2D eigenvalue weighted by atomic mass is 28.3. The second-order valence-electron chi connectivity index (χ2n) is 11.0. The van der Waals surface area contributed by atoms with Crippen LogP contribution < -0.4 is 5.73 Å². The van der Waals surface area contributed by atoms with Crippen LogP contribution in [-0.2, 0) is 11.3 Å². The Kier molecular flexibility index (Phi) is 7.10. The van der Waals surface area contributed by atoms with E-state index in [-0.39, 0.29) is 12.0 Å². The van der Waals surface area contributed by atoms with E-state index in [4.69, 9.17) is 10.5 Å². The molecule has 1 amide bonds. The van der Waals surface area contributed by atoms with Crippen LogP contribution in [0, 0.1) is 11.5 Å². The zero-order valence-electron chi connectivity index (χ0n) is 22.0. The van der Waals surface area contributed by atoms with Crippen molar-refractivity contribution in [2.24, 2.45) is 0 Å². The first-order valence-electron chi connectivity index (χ1n) is 13.0. The predicted octanol–water partition coefficient (Wildman–Crippen LogP) is 5.56. The minimum absolute atomic E-state index is 0.0828. The van der Waals surface area contributed by atoms with Crippen LogP contribution in [0.4, 0.5) is 10.5 Å². The molecule has 1 aliphatic heterocycles. The van der Waals surface area contributed by atoms with E-state index in [0.717, 1.165) is 36.4 Å². The lowest BCUT2D eigenvalue weighted by Gasteiger charge is -2.34. The van der Waals surface area contributed by atoms with Crippen molar-refractivity contribution in [2.45, 2.75) is 32.1 Å². The maximum atomic E-state index is 12.9. The summed E-state index contributed by atoms with van der Waals surface area (Å²) in [5.74, 6) is 3.40. The van der Waals surface area contributed by atoms with Crippen molar-refractivity contribution in [1.29, 1.82) is 0 Å². The van der Waals surface area contributed by atoms with Crippen molar-refractivity contribution in [3.8, 4) is 22.6 Å². The molecule has 1 fully saturated rings. The summed E-state index contributed by atoms with van der Waals surface area (Å²) in [6, 6.07) is 22.9. The smallest absolute Gasteiger partial charge is 0.409 e. The average Bonchev–Trinajstić information content (AvgIpc) is 3.19. The van der Waals surface area contributed by atoms with Gasteiger partial charge in [-0.15, -0.1) is 5.54 Å². The van der Waals surface area contributed by atoms with Crippen molar-refractivity contribution in [2.75, 3.05) is 38.5 Å². The fraction of sp³-hybridized carbons (Fsp3) is 0.323. The van der Waals surface area contributed by atoms with Crippen LogP contribution in [0.25, 0.3) is 11.1 Å². The van der Waals surface area contributed by atoms with Crippen molar-refractivity contribution in [3.63, 3.8) is 0 Å². The summed E-state index contributed by atoms with van der Waals surface area (Å²) in [7, 11) is -1.45. The summed E-state index contributed by atoms with van der Waals surface area (Å²) in [6.45, 7) is 10.8. The Morgan fingerprint density at radius 1 is 0.946 bits per heavy atom. The number of hydrogen-bond acceptors (Lipinski definition) is 4. The Balaban J connectivity index is 1.16.